The number of thioether (sulfide) groups is 1. The first-order valence-corrected chi connectivity index (χ1v) is 11.5. The molecule has 0 radical (unpaired) electrons. The molecule has 0 aromatic heterocycles. The van der Waals surface area contributed by atoms with Gasteiger partial charge in [-0.1, -0.05) is 65.5 Å². The van der Waals surface area contributed by atoms with E-state index in [1.165, 1.54) is 12.5 Å². The SMILES string of the molecule is C=C(F)/C(SC#N)=C(F)\C=C\C1CCCC(CCCC(O)CCC)CC1.CC. The standard InChI is InChI=1S/C21H31F2NOS.C2H6/c1-3-6-19(25)10-5-9-17-7-4-8-18(12-11-17)13-14-20(23)21(16(2)22)26-15-24;1-2/h13-14,17-19,25H,2-12H2,1H3;1-2H3/b14-13+,21-20-;. The van der Waals surface area contributed by atoms with Gasteiger partial charge in [0.05, 0.1) is 11.0 Å². The number of rotatable bonds is 10. The molecule has 0 amide bonds. The van der Waals surface area contributed by atoms with Crippen molar-refractivity contribution in [1.29, 1.82) is 5.26 Å². The van der Waals surface area contributed by atoms with Crippen molar-refractivity contribution in [3.8, 4) is 5.40 Å². The summed E-state index contributed by atoms with van der Waals surface area (Å²) in [5, 5.41) is 20.1. The molecule has 0 aromatic rings. The highest BCUT2D eigenvalue weighted by atomic mass is 32.2. The third-order valence-electron chi connectivity index (χ3n) is 5.03. The predicted molar refractivity (Wildman–Crippen MR) is 117 cm³/mol. The summed E-state index contributed by atoms with van der Waals surface area (Å²) in [6.07, 6.45) is 13.4. The van der Waals surface area contributed by atoms with Crippen molar-refractivity contribution in [2.75, 3.05) is 0 Å². The Hall–Kier alpha value is -1.12. The lowest BCUT2D eigenvalue weighted by atomic mass is 9.92. The van der Waals surface area contributed by atoms with E-state index >= 15 is 0 Å². The van der Waals surface area contributed by atoms with E-state index in [-0.39, 0.29) is 16.9 Å². The van der Waals surface area contributed by atoms with Gasteiger partial charge in [-0.15, -0.1) is 0 Å². The first-order chi connectivity index (χ1) is 13.5. The fraction of sp³-hybridized carbons (Fsp3) is 0.696. The molecule has 1 N–H and O–H groups in total. The van der Waals surface area contributed by atoms with Gasteiger partial charge in [-0.2, -0.15) is 5.26 Å². The van der Waals surface area contributed by atoms with Crippen LogP contribution < -0.4 is 0 Å². The number of thiocyanates is 1. The van der Waals surface area contributed by atoms with Crippen LogP contribution in [0.25, 0.3) is 0 Å². The van der Waals surface area contributed by atoms with Crippen molar-refractivity contribution in [3.63, 3.8) is 0 Å². The second-order valence-corrected chi connectivity index (χ2v) is 7.94. The van der Waals surface area contributed by atoms with Crippen LogP contribution in [0.5, 0.6) is 0 Å². The third-order valence-corrected chi connectivity index (χ3v) is 5.74. The summed E-state index contributed by atoms with van der Waals surface area (Å²) < 4.78 is 27.2. The van der Waals surface area contributed by atoms with Crippen molar-refractivity contribution in [3.05, 3.63) is 35.3 Å². The Labute approximate surface area is 174 Å². The zero-order valence-electron chi connectivity index (χ0n) is 17.7. The Morgan fingerprint density at radius 1 is 1.25 bits per heavy atom. The van der Waals surface area contributed by atoms with Crippen molar-refractivity contribution >= 4 is 11.8 Å². The molecule has 0 bridgehead atoms. The van der Waals surface area contributed by atoms with E-state index in [9.17, 15) is 13.9 Å². The zero-order chi connectivity index (χ0) is 21.4. The van der Waals surface area contributed by atoms with Crippen LogP contribution in [0.1, 0.15) is 85.0 Å². The molecule has 0 aromatic carbocycles. The number of hydrogen-bond acceptors (Lipinski definition) is 3. The van der Waals surface area contributed by atoms with Crippen molar-refractivity contribution < 1.29 is 13.9 Å². The van der Waals surface area contributed by atoms with Crippen LogP contribution in [0.4, 0.5) is 8.78 Å². The molecular weight excluding hydrogens is 376 g/mol. The number of halogens is 2. The largest absolute Gasteiger partial charge is 0.393 e. The smallest absolute Gasteiger partial charge is 0.140 e. The Morgan fingerprint density at radius 2 is 1.96 bits per heavy atom. The maximum absolute atomic E-state index is 14.0. The van der Waals surface area contributed by atoms with E-state index < -0.39 is 11.7 Å². The zero-order valence-corrected chi connectivity index (χ0v) is 18.5. The summed E-state index contributed by atoms with van der Waals surface area (Å²) in [6.45, 7) is 9.17. The molecule has 5 heteroatoms. The first kappa shape index (κ1) is 26.9. The highest BCUT2D eigenvalue weighted by Crippen LogP contribution is 2.33. The highest BCUT2D eigenvalue weighted by Gasteiger charge is 2.18. The van der Waals surface area contributed by atoms with Crippen LogP contribution >= 0.6 is 11.8 Å². The molecule has 2 nitrogen and oxygen atoms in total. The summed E-state index contributed by atoms with van der Waals surface area (Å²) in [6, 6.07) is 0. The summed E-state index contributed by atoms with van der Waals surface area (Å²) in [5.41, 5.74) is 0. The van der Waals surface area contributed by atoms with Crippen LogP contribution in [0, 0.1) is 22.5 Å². The number of hydrogen-bond donors (Lipinski definition) is 1. The van der Waals surface area contributed by atoms with Gasteiger partial charge < -0.3 is 5.11 Å². The monoisotopic (exact) mass is 413 g/mol. The van der Waals surface area contributed by atoms with Crippen LogP contribution in [0.2, 0.25) is 0 Å². The second kappa shape index (κ2) is 16.8. The molecule has 1 saturated carbocycles. The van der Waals surface area contributed by atoms with E-state index in [4.69, 9.17) is 5.26 Å². The normalized spacial score (nSPS) is 21.8. The number of aliphatic hydroxyl groups is 1. The molecule has 3 unspecified atom stereocenters. The van der Waals surface area contributed by atoms with Crippen molar-refractivity contribution in [1.82, 2.24) is 0 Å². The number of nitrogens with zero attached hydrogens (tertiary/aromatic N) is 1. The minimum atomic E-state index is -0.912. The maximum Gasteiger partial charge on any atom is 0.140 e. The molecule has 1 aliphatic rings. The van der Waals surface area contributed by atoms with E-state index in [1.54, 1.807) is 5.40 Å². The molecule has 160 valence electrons. The molecule has 3 atom stereocenters. The van der Waals surface area contributed by atoms with Gasteiger partial charge in [0.2, 0.25) is 0 Å². The molecule has 0 saturated heterocycles. The van der Waals surface area contributed by atoms with Gasteiger partial charge in [0.15, 0.2) is 0 Å². The molecule has 1 aliphatic carbocycles. The molecule has 1 fully saturated rings. The van der Waals surface area contributed by atoms with Gasteiger partial charge in [-0.25, -0.2) is 8.78 Å². The summed E-state index contributed by atoms with van der Waals surface area (Å²) in [7, 11) is 0. The number of aliphatic hydroxyl groups excluding tert-OH is 1. The summed E-state index contributed by atoms with van der Waals surface area (Å²) >= 11 is 0.462. The number of nitriles is 1. The quantitative estimate of drug-likeness (QED) is 0.224. The van der Waals surface area contributed by atoms with E-state index in [0.717, 1.165) is 57.8 Å². The minimum absolute atomic E-state index is 0.165. The van der Waals surface area contributed by atoms with Gasteiger partial charge in [0.25, 0.3) is 0 Å². The molecule has 1 rings (SSSR count). The van der Waals surface area contributed by atoms with Crippen molar-refractivity contribution in [2.45, 2.75) is 91.1 Å². The average Bonchev–Trinajstić information content (AvgIpc) is 2.91. The fourth-order valence-electron chi connectivity index (χ4n) is 3.58. The van der Waals surface area contributed by atoms with E-state index in [2.05, 4.69) is 13.5 Å². The lowest BCUT2D eigenvalue weighted by molar-refractivity contribution is 0.147. The van der Waals surface area contributed by atoms with Crippen LogP contribution in [0.15, 0.2) is 35.3 Å². The van der Waals surface area contributed by atoms with Crippen LogP contribution in [0.3, 0.4) is 0 Å². The second-order valence-electron chi connectivity index (χ2n) is 7.14. The van der Waals surface area contributed by atoms with Gasteiger partial charge >= 0.3 is 0 Å². The Kier molecular flexibility index (Phi) is 16.1. The van der Waals surface area contributed by atoms with Crippen molar-refractivity contribution in [2.24, 2.45) is 11.8 Å². The summed E-state index contributed by atoms with van der Waals surface area (Å²) in [4.78, 5) is -0.333. The van der Waals surface area contributed by atoms with Gasteiger partial charge in [-0.05, 0) is 61.8 Å². The number of allylic oxidation sites excluding steroid dienone is 4. The minimum Gasteiger partial charge on any atom is -0.393 e. The molecular formula is C23H37F2NOS. The van der Waals surface area contributed by atoms with Gasteiger partial charge in [-0.3, -0.25) is 0 Å². The average molecular weight is 414 g/mol. The first-order valence-electron chi connectivity index (χ1n) is 10.6. The molecule has 0 aliphatic heterocycles. The lowest BCUT2D eigenvalue weighted by Crippen LogP contribution is -2.07. The predicted octanol–water partition coefficient (Wildman–Crippen LogP) is 7.98. The highest BCUT2D eigenvalue weighted by molar-refractivity contribution is 8.07. The van der Waals surface area contributed by atoms with Crippen LogP contribution in [-0.2, 0) is 0 Å². The topological polar surface area (TPSA) is 44.0 Å². The van der Waals surface area contributed by atoms with E-state index in [1.807, 2.05) is 19.9 Å². The molecule has 0 heterocycles. The molecule has 0 spiro atoms. The van der Waals surface area contributed by atoms with Gasteiger partial charge in [0, 0.05) is 0 Å². The lowest BCUT2D eigenvalue weighted by Gasteiger charge is -2.15. The maximum atomic E-state index is 14.0. The van der Waals surface area contributed by atoms with Crippen LogP contribution in [-0.4, -0.2) is 11.2 Å². The Bertz CT molecular complexity index is 539. The Balaban J connectivity index is 0.00000352. The Morgan fingerprint density at radius 3 is 2.57 bits per heavy atom. The molecule has 28 heavy (non-hydrogen) atoms. The third kappa shape index (κ3) is 11.7. The van der Waals surface area contributed by atoms with E-state index in [0.29, 0.717) is 17.7 Å². The fourth-order valence-corrected chi connectivity index (χ4v) is 3.95. The van der Waals surface area contributed by atoms with Gasteiger partial charge in [0.1, 0.15) is 17.1 Å². The summed E-state index contributed by atoms with van der Waals surface area (Å²) in [5.74, 6) is -0.671.